The van der Waals surface area contributed by atoms with Crippen molar-refractivity contribution in [2.45, 2.75) is 32.6 Å². The highest BCUT2D eigenvalue weighted by Crippen LogP contribution is 2.40. The number of alkyl halides is 1. The van der Waals surface area contributed by atoms with Crippen LogP contribution in [0.3, 0.4) is 0 Å². The van der Waals surface area contributed by atoms with Gasteiger partial charge >= 0.3 is 5.97 Å². The van der Waals surface area contributed by atoms with Crippen LogP contribution in [0, 0.1) is 5.41 Å². The Hall–Kier alpha value is -0.830. The summed E-state index contributed by atoms with van der Waals surface area (Å²) in [7, 11) is 0. The van der Waals surface area contributed by atoms with Gasteiger partial charge in [0.05, 0.1) is 6.61 Å². The second-order valence-corrected chi connectivity index (χ2v) is 4.26. The molecule has 3 nitrogen and oxygen atoms in total. The van der Waals surface area contributed by atoms with Gasteiger partial charge in [-0.25, -0.2) is 0 Å². The van der Waals surface area contributed by atoms with Crippen LogP contribution in [0.15, 0.2) is 12.2 Å². The van der Waals surface area contributed by atoms with E-state index in [1.165, 1.54) is 0 Å². The maximum Gasteiger partial charge on any atom is 0.323 e. The van der Waals surface area contributed by atoms with E-state index in [0.717, 1.165) is 12.8 Å². The van der Waals surface area contributed by atoms with Crippen LogP contribution in [0.1, 0.15) is 32.6 Å². The highest BCUT2D eigenvalue weighted by molar-refractivity contribution is 6.21. The predicted molar refractivity (Wildman–Crippen MR) is 62.4 cm³/mol. The second-order valence-electron chi connectivity index (χ2n) is 3.99. The molecule has 0 aromatic rings. The van der Waals surface area contributed by atoms with Crippen molar-refractivity contribution in [2.75, 3.05) is 12.5 Å². The summed E-state index contributed by atoms with van der Waals surface area (Å²) in [4.78, 5) is 24.0. The normalized spacial score (nSPS) is 25.2. The Morgan fingerprint density at radius 2 is 2.25 bits per heavy atom. The molecule has 0 aromatic heterocycles. The molecule has 0 heterocycles. The Kier molecular flexibility index (Phi) is 4.54. The third-order valence-corrected chi connectivity index (χ3v) is 3.39. The van der Waals surface area contributed by atoms with Crippen molar-refractivity contribution in [1.29, 1.82) is 0 Å². The molecule has 0 saturated heterocycles. The van der Waals surface area contributed by atoms with Crippen LogP contribution in [0.5, 0.6) is 0 Å². The lowest BCUT2D eigenvalue weighted by Crippen LogP contribution is -2.44. The summed E-state index contributed by atoms with van der Waals surface area (Å²) in [5.41, 5.74) is -0.701. The smallest absolute Gasteiger partial charge is 0.323 e. The number of hydrogen-bond acceptors (Lipinski definition) is 3. The van der Waals surface area contributed by atoms with E-state index >= 15 is 0 Å². The number of hydrogen-bond donors (Lipinski definition) is 0. The molecule has 1 fully saturated rings. The largest absolute Gasteiger partial charge is 0.465 e. The Balaban J connectivity index is 3.04. The summed E-state index contributed by atoms with van der Waals surface area (Å²) in [6.07, 6.45) is 2.56. The van der Waals surface area contributed by atoms with E-state index in [1.54, 1.807) is 6.92 Å². The first kappa shape index (κ1) is 13.2. The van der Waals surface area contributed by atoms with Crippen molar-refractivity contribution in [2.24, 2.45) is 5.41 Å². The fraction of sp³-hybridized carbons (Fsp3) is 0.667. The van der Waals surface area contributed by atoms with Gasteiger partial charge in [0.25, 0.3) is 0 Å². The topological polar surface area (TPSA) is 43.4 Å². The average Bonchev–Trinajstić information content (AvgIpc) is 2.29. The van der Waals surface area contributed by atoms with E-state index < -0.39 is 11.4 Å². The minimum atomic E-state index is -1.17. The molecule has 90 valence electrons. The van der Waals surface area contributed by atoms with Crippen molar-refractivity contribution in [3.8, 4) is 0 Å². The van der Waals surface area contributed by atoms with Gasteiger partial charge in [-0.15, -0.1) is 11.6 Å². The number of esters is 1. The molecule has 1 aliphatic rings. The van der Waals surface area contributed by atoms with E-state index in [9.17, 15) is 9.59 Å². The van der Waals surface area contributed by atoms with Gasteiger partial charge in [0.1, 0.15) is 5.41 Å². The standard InChI is InChI=1S/C12H17ClO3/c1-3-16-11(15)12(9(2)8-13)7-5-4-6-10(12)14/h2-8H2,1H3. The third-order valence-electron chi connectivity index (χ3n) is 3.07. The minimum absolute atomic E-state index is 0.0946. The number of ketones is 1. The van der Waals surface area contributed by atoms with Crippen LogP contribution < -0.4 is 0 Å². The SMILES string of the molecule is C=C(CCl)C1(C(=O)OCC)CCCCC1=O. The van der Waals surface area contributed by atoms with Crippen LogP contribution in [0.2, 0.25) is 0 Å². The molecule has 0 bridgehead atoms. The minimum Gasteiger partial charge on any atom is -0.465 e. The molecular weight excluding hydrogens is 228 g/mol. The van der Waals surface area contributed by atoms with Crippen molar-refractivity contribution >= 4 is 23.4 Å². The fourth-order valence-corrected chi connectivity index (χ4v) is 2.36. The number of carbonyl (C=O) groups excluding carboxylic acids is 2. The lowest BCUT2D eigenvalue weighted by molar-refractivity contribution is -0.159. The number of carbonyl (C=O) groups is 2. The predicted octanol–water partition coefficient (Wildman–Crippen LogP) is 2.47. The van der Waals surface area contributed by atoms with Crippen LogP contribution in [-0.2, 0) is 14.3 Å². The first-order valence-electron chi connectivity index (χ1n) is 5.54. The van der Waals surface area contributed by atoms with Crippen molar-refractivity contribution in [3.05, 3.63) is 12.2 Å². The molecule has 16 heavy (non-hydrogen) atoms. The highest BCUT2D eigenvalue weighted by Gasteiger charge is 2.49. The van der Waals surface area contributed by atoms with Crippen molar-refractivity contribution in [3.63, 3.8) is 0 Å². The summed E-state index contributed by atoms with van der Waals surface area (Å²) >= 11 is 5.72. The summed E-state index contributed by atoms with van der Waals surface area (Å²) in [5.74, 6) is -0.460. The van der Waals surface area contributed by atoms with Crippen molar-refractivity contribution in [1.82, 2.24) is 0 Å². The van der Waals surface area contributed by atoms with E-state index in [0.29, 0.717) is 18.4 Å². The average molecular weight is 245 g/mol. The highest BCUT2D eigenvalue weighted by atomic mass is 35.5. The molecule has 0 aromatic carbocycles. The zero-order valence-electron chi connectivity index (χ0n) is 9.55. The first-order chi connectivity index (χ1) is 7.59. The molecule has 1 atom stereocenters. The van der Waals surface area contributed by atoms with Crippen LogP contribution in [-0.4, -0.2) is 24.2 Å². The molecule has 0 amide bonds. The van der Waals surface area contributed by atoms with Crippen LogP contribution in [0.25, 0.3) is 0 Å². The molecule has 1 unspecified atom stereocenters. The van der Waals surface area contributed by atoms with Gasteiger partial charge in [0.2, 0.25) is 0 Å². The maximum atomic E-state index is 12.0. The van der Waals surface area contributed by atoms with E-state index in [-0.39, 0.29) is 18.3 Å². The van der Waals surface area contributed by atoms with Gasteiger partial charge in [0, 0.05) is 12.3 Å². The Labute approximate surface area is 101 Å². The van der Waals surface area contributed by atoms with Crippen LogP contribution >= 0.6 is 11.6 Å². The lowest BCUT2D eigenvalue weighted by atomic mass is 9.69. The number of halogens is 1. The number of Topliss-reactive ketones (excluding diaryl/α,β-unsaturated/α-hetero) is 1. The molecule has 0 aliphatic heterocycles. The molecule has 1 aliphatic carbocycles. The monoisotopic (exact) mass is 244 g/mol. The molecule has 1 rings (SSSR count). The lowest BCUT2D eigenvalue weighted by Gasteiger charge is -2.34. The summed E-state index contributed by atoms with van der Waals surface area (Å²) in [6.45, 7) is 5.76. The molecular formula is C12H17ClO3. The van der Waals surface area contributed by atoms with Gasteiger partial charge < -0.3 is 4.74 Å². The Morgan fingerprint density at radius 3 is 2.75 bits per heavy atom. The Morgan fingerprint density at radius 1 is 1.56 bits per heavy atom. The molecule has 1 saturated carbocycles. The van der Waals surface area contributed by atoms with Gasteiger partial charge in [-0.2, -0.15) is 0 Å². The Bertz CT molecular complexity index is 301. The first-order valence-corrected chi connectivity index (χ1v) is 6.07. The van der Waals surface area contributed by atoms with Gasteiger partial charge in [-0.05, 0) is 25.3 Å². The van der Waals surface area contributed by atoms with Gasteiger partial charge in [-0.3, -0.25) is 9.59 Å². The number of ether oxygens (including phenoxy) is 1. The second kappa shape index (κ2) is 5.48. The van der Waals surface area contributed by atoms with E-state index in [1.807, 2.05) is 0 Å². The van der Waals surface area contributed by atoms with Crippen LogP contribution in [0.4, 0.5) is 0 Å². The quantitative estimate of drug-likeness (QED) is 0.330. The fourth-order valence-electron chi connectivity index (χ4n) is 2.13. The zero-order chi connectivity index (χ0) is 12.2. The number of rotatable bonds is 4. The summed E-state index contributed by atoms with van der Waals surface area (Å²) < 4.78 is 5.00. The maximum absolute atomic E-state index is 12.0. The molecule has 0 spiro atoms. The zero-order valence-corrected chi connectivity index (χ0v) is 10.3. The third kappa shape index (κ3) is 2.14. The molecule has 0 radical (unpaired) electrons. The van der Waals surface area contributed by atoms with Crippen molar-refractivity contribution < 1.29 is 14.3 Å². The molecule has 0 N–H and O–H groups in total. The summed E-state index contributed by atoms with van der Waals surface area (Å²) in [6, 6.07) is 0. The van der Waals surface area contributed by atoms with Gasteiger partial charge in [0.15, 0.2) is 5.78 Å². The van der Waals surface area contributed by atoms with E-state index in [2.05, 4.69) is 6.58 Å². The van der Waals surface area contributed by atoms with Gasteiger partial charge in [-0.1, -0.05) is 13.0 Å². The summed E-state index contributed by atoms with van der Waals surface area (Å²) in [5, 5.41) is 0. The molecule has 4 heteroatoms. The van der Waals surface area contributed by atoms with E-state index in [4.69, 9.17) is 16.3 Å².